The SMILES string of the molecule is O=C(Nc1nnc(SCc2ccc(F)cc2)s1)c1ccccc1SCc1ccsc1. The molecule has 0 spiro atoms. The first-order valence-electron chi connectivity index (χ1n) is 8.92. The molecule has 4 aromatic rings. The van der Waals surface area contributed by atoms with E-state index in [1.54, 1.807) is 35.2 Å². The van der Waals surface area contributed by atoms with Crippen molar-refractivity contribution in [3.05, 3.63) is 87.9 Å². The zero-order valence-electron chi connectivity index (χ0n) is 15.6. The molecule has 2 aromatic carbocycles. The van der Waals surface area contributed by atoms with Crippen molar-refractivity contribution in [3.63, 3.8) is 0 Å². The smallest absolute Gasteiger partial charge is 0.258 e. The molecule has 4 rings (SSSR count). The summed E-state index contributed by atoms with van der Waals surface area (Å²) >= 11 is 6.13. The molecule has 4 nitrogen and oxygen atoms in total. The van der Waals surface area contributed by atoms with Gasteiger partial charge in [-0.05, 0) is 52.2 Å². The first-order valence-corrected chi connectivity index (χ1v) is 12.7. The molecule has 0 aliphatic carbocycles. The van der Waals surface area contributed by atoms with Crippen LogP contribution in [0.15, 0.2) is 74.6 Å². The predicted octanol–water partition coefficient (Wildman–Crippen LogP) is 6.58. The van der Waals surface area contributed by atoms with Gasteiger partial charge in [-0.2, -0.15) is 11.3 Å². The molecule has 9 heteroatoms. The number of thioether (sulfide) groups is 2. The molecule has 0 aliphatic rings. The highest BCUT2D eigenvalue weighted by atomic mass is 32.2. The Morgan fingerprint density at radius 3 is 2.57 bits per heavy atom. The van der Waals surface area contributed by atoms with Crippen molar-refractivity contribution in [1.29, 1.82) is 0 Å². The van der Waals surface area contributed by atoms with Gasteiger partial charge in [0.2, 0.25) is 5.13 Å². The lowest BCUT2D eigenvalue weighted by molar-refractivity contribution is 0.102. The molecule has 0 saturated carbocycles. The van der Waals surface area contributed by atoms with Crippen LogP contribution in [0.1, 0.15) is 21.5 Å². The number of amides is 1. The number of carbonyl (C=O) groups is 1. The largest absolute Gasteiger partial charge is 0.296 e. The minimum Gasteiger partial charge on any atom is -0.296 e. The third-order valence-electron chi connectivity index (χ3n) is 4.01. The van der Waals surface area contributed by atoms with E-state index in [1.165, 1.54) is 40.8 Å². The second-order valence-corrected chi connectivity index (χ2v) is 10.2. The van der Waals surface area contributed by atoms with Crippen molar-refractivity contribution in [2.75, 3.05) is 5.32 Å². The van der Waals surface area contributed by atoms with Gasteiger partial charge < -0.3 is 0 Å². The molecule has 2 aromatic heterocycles. The third kappa shape index (κ3) is 5.69. The lowest BCUT2D eigenvalue weighted by Gasteiger charge is -2.08. The number of nitrogens with zero attached hydrogens (tertiary/aromatic N) is 2. The Bertz CT molecular complexity index is 1110. The molecule has 0 fully saturated rings. The number of aromatic nitrogens is 2. The summed E-state index contributed by atoms with van der Waals surface area (Å²) < 4.78 is 13.7. The maximum Gasteiger partial charge on any atom is 0.258 e. The molecule has 0 saturated heterocycles. The van der Waals surface area contributed by atoms with E-state index in [-0.39, 0.29) is 11.7 Å². The van der Waals surface area contributed by atoms with Gasteiger partial charge in [-0.1, -0.05) is 47.4 Å². The van der Waals surface area contributed by atoms with E-state index in [4.69, 9.17) is 0 Å². The van der Waals surface area contributed by atoms with Crippen LogP contribution < -0.4 is 5.32 Å². The van der Waals surface area contributed by atoms with Gasteiger partial charge in [0.15, 0.2) is 4.34 Å². The lowest BCUT2D eigenvalue weighted by Crippen LogP contribution is -2.12. The molecular weight excluding hydrogens is 458 g/mol. The van der Waals surface area contributed by atoms with Gasteiger partial charge in [0.1, 0.15) is 5.82 Å². The van der Waals surface area contributed by atoms with E-state index >= 15 is 0 Å². The minimum atomic E-state index is -0.251. The Morgan fingerprint density at radius 2 is 1.77 bits per heavy atom. The standard InChI is InChI=1S/C21H16FN3OS4/c22-16-7-5-14(6-8-16)12-29-21-25-24-20(30-21)23-19(26)17-3-1-2-4-18(17)28-13-15-9-10-27-11-15/h1-11H,12-13H2,(H,23,24,26). The molecule has 0 aliphatic heterocycles. The molecule has 30 heavy (non-hydrogen) atoms. The molecule has 1 amide bonds. The van der Waals surface area contributed by atoms with Gasteiger partial charge >= 0.3 is 0 Å². The van der Waals surface area contributed by atoms with Crippen LogP contribution in [0.5, 0.6) is 0 Å². The van der Waals surface area contributed by atoms with Gasteiger partial charge in [-0.25, -0.2) is 4.39 Å². The number of benzene rings is 2. The van der Waals surface area contributed by atoms with Crippen LogP contribution in [0.2, 0.25) is 0 Å². The monoisotopic (exact) mass is 473 g/mol. The van der Waals surface area contributed by atoms with Crippen molar-refractivity contribution < 1.29 is 9.18 Å². The van der Waals surface area contributed by atoms with Crippen LogP contribution in [0.25, 0.3) is 0 Å². The minimum absolute atomic E-state index is 0.199. The summed E-state index contributed by atoms with van der Waals surface area (Å²) in [7, 11) is 0. The zero-order valence-corrected chi connectivity index (χ0v) is 18.8. The average Bonchev–Trinajstić information content (AvgIpc) is 3.44. The maximum atomic E-state index is 13.0. The number of hydrogen-bond acceptors (Lipinski definition) is 7. The van der Waals surface area contributed by atoms with Gasteiger partial charge in [0.05, 0.1) is 5.56 Å². The molecule has 0 unspecified atom stereocenters. The Balaban J connectivity index is 1.36. The number of thiophene rings is 1. The van der Waals surface area contributed by atoms with Crippen molar-refractivity contribution >= 4 is 57.2 Å². The highest BCUT2D eigenvalue weighted by molar-refractivity contribution is 8.00. The zero-order chi connectivity index (χ0) is 20.8. The quantitative estimate of drug-likeness (QED) is 0.231. The molecule has 1 N–H and O–H groups in total. The number of carbonyl (C=O) groups excluding carboxylic acids is 1. The summed E-state index contributed by atoms with van der Waals surface area (Å²) in [6.45, 7) is 0. The van der Waals surface area contributed by atoms with E-state index in [1.807, 2.05) is 24.3 Å². The highest BCUT2D eigenvalue weighted by Crippen LogP contribution is 2.30. The first kappa shape index (κ1) is 21.0. The molecule has 0 bridgehead atoms. The van der Waals surface area contributed by atoms with Gasteiger partial charge in [0.25, 0.3) is 5.91 Å². The third-order valence-corrected chi connectivity index (χ3v) is 7.93. The summed E-state index contributed by atoms with van der Waals surface area (Å²) in [5, 5.41) is 15.7. The Labute approximate surface area is 190 Å². The number of halogens is 1. The topological polar surface area (TPSA) is 54.9 Å². The van der Waals surface area contributed by atoms with Crippen LogP contribution in [0, 0.1) is 5.82 Å². The maximum absolute atomic E-state index is 13.0. The summed E-state index contributed by atoms with van der Waals surface area (Å²) in [6.07, 6.45) is 0. The summed E-state index contributed by atoms with van der Waals surface area (Å²) in [4.78, 5) is 13.7. The molecule has 0 radical (unpaired) electrons. The van der Waals surface area contributed by atoms with E-state index in [0.29, 0.717) is 16.4 Å². The Kier molecular flexibility index (Phi) is 7.16. The molecule has 152 valence electrons. The fourth-order valence-corrected chi connectivity index (χ4v) is 5.99. The normalized spacial score (nSPS) is 10.8. The summed E-state index contributed by atoms with van der Waals surface area (Å²) in [5.74, 6) is 1.02. The van der Waals surface area contributed by atoms with Crippen molar-refractivity contribution in [2.45, 2.75) is 20.7 Å². The number of anilines is 1. The van der Waals surface area contributed by atoms with E-state index in [2.05, 4.69) is 32.3 Å². The Morgan fingerprint density at radius 1 is 0.967 bits per heavy atom. The number of rotatable bonds is 8. The second kappa shape index (κ2) is 10.2. The van der Waals surface area contributed by atoms with Gasteiger partial charge in [-0.15, -0.1) is 22.0 Å². The van der Waals surface area contributed by atoms with E-state index in [9.17, 15) is 9.18 Å². The van der Waals surface area contributed by atoms with Crippen LogP contribution >= 0.6 is 46.2 Å². The number of hydrogen-bond donors (Lipinski definition) is 1. The van der Waals surface area contributed by atoms with Crippen LogP contribution in [0.3, 0.4) is 0 Å². The molecule has 2 heterocycles. The number of nitrogens with one attached hydrogen (secondary N) is 1. The predicted molar refractivity (Wildman–Crippen MR) is 124 cm³/mol. The van der Waals surface area contributed by atoms with E-state index < -0.39 is 0 Å². The summed E-state index contributed by atoms with van der Waals surface area (Å²) in [5.41, 5.74) is 2.86. The van der Waals surface area contributed by atoms with Gasteiger partial charge in [0, 0.05) is 16.4 Å². The molecular formula is C21H16FN3OS4. The fourth-order valence-electron chi connectivity index (χ4n) is 2.52. The van der Waals surface area contributed by atoms with Crippen molar-refractivity contribution in [1.82, 2.24) is 10.2 Å². The van der Waals surface area contributed by atoms with Crippen LogP contribution in [-0.4, -0.2) is 16.1 Å². The Hall–Kier alpha value is -2.20. The van der Waals surface area contributed by atoms with Crippen LogP contribution in [-0.2, 0) is 11.5 Å². The highest BCUT2D eigenvalue weighted by Gasteiger charge is 2.14. The van der Waals surface area contributed by atoms with E-state index in [0.717, 1.165) is 20.6 Å². The fraction of sp³-hybridized carbons (Fsp3) is 0.0952. The first-order chi connectivity index (χ1) is 14.7. The second-order valence-electron chi connectivity index (χ2n) is 6.16. The molecule has 0 atom stereocenters. The van der Waals surface area contributed by atoms with Crippen molar-refractivity contribution in [3.8, 4) is 0 Å². The van der Waals surface area contributed by atoms with Crippen LogP contribution in [0.4, 0.5) is 9.52 Å². The average molecular weight is 474 g/mol. The van der Waals surface area contributed by atoms with Gasteiger partial charge in [-0.3, -0.25) is 10.1 Å². The van der Waals surface area contributed by atoms with Crippen molar-refractivity contribution in [2.24, 2.45) is 0 Å². The summed E-state index contributed by atoms with van der Waals surface area (Å²) in [6, 6.07) is 16.0. The lowest BCUT2D eigenvalue weighted by atomic mass is 10.2.